The van der Waals surface area contributed by atoms with Crippen molar-refractivity contribution in [3.05, 3.63) is 23.8 Å². The van der Waals surface area contributed by atoms with Crippen LogP contribution >= 0.6 is 12.6 Å². The lowest BCUT2D eigenvalue weighted by Crippen LogP contribution is -2.41. The predicted octanol–water partition coefficient (Wildman–Crippen LogP) is 1.00. The van der Waals surface area contributed by atoms with E-state index in [9.17, 15) is 9.59 Å². The van der Waals surface area contributed by atoms with E-state index < -0.39 is 0 Å². The summed E-state index contributed by atoms with van der Waals surface area (Å²) in [5, 5.41) is 0. The van der Waals surface area contributed by atoms with Crippen molar-refractivity contribution in [2.45, 2.75) is 12.8 Å². The van der Waals surface area contributed by atoms with Crippen LogP contribution in [0.25, 0.3) is 0 Å². The number of benzene rings is 1. The van der Waals surface area contributed by atoms with Gasteiger partial charge in [-0.2, -0.15) is 12.6 Å². The van der Waals surface area contributed by atoms with Crippen molar-refractivity contribution in [2.75, 3.05) is 16.4 Å². The van der Waals surface area contributed by atoms with Crippen molar-refractivity contribution in [2.24, 2.45) is 0 Å². The summed E-state index contributed by atoms with van der Waals surface area (Å²) in [6.45, 7) is 0. The Balaban J connectivity index is 2.48. The van der Waals surface area contributed by atoms with E-state index in [1.54, 1.807) is 18.2 Å². The fourth-order valence-corrected chi connectivity index (χ4v) is 2.00. The Bertz CT molecular complexity index is 459. The molecule has 0 fully saturated rings. The lowest BCUT2D eigenvalue weighted by molar-refractivity contribution is -0.125. The maximum Gasteiger partial charge on any atom is 0.243 e. The zero-order valence-corrected chi connectivity index (χ0v) is 9.54. The number of nitrogens with two attached hydrogens (primary N) is 1. The SMILES string of the molecule is Nc1ccc2c(c1)CCC(=O)N2C(=O)CS. The number of rotatable bonds is 1. The second kappa shape index (κ2) is 4.17. The van der Waals surface area contributed by atoms with Gasteiger partial charge in [0.2, 0.25) is 11.8 Å². The number of anilines is 2. The summed E-state index contributed by atoms with van der Waals surface area (Å²) >= 11 is 3.91. The van der Waals surface area contributed by atoms with Crippen LogP contribution in [-0.4, -0.2) is 17.6 Å². The van der Waals surface area contributed by atoms with E-state index >= 15 is 0 Å². The molecule has 0 atom stereocenters. The van der Waals surface area contributed by atoms with E-state index in [2.05, 4.69) is 12.6 Å². The first-order valence-electron chi connectivity index (χ1n) is 4.98. The number of hydrogen-bond donors (Lipinski definition) is 2. The lowest BCUT2D eigenvalue weighted by Gasteiger charge is -2.27. The van der Waals surface area contributed by atoms with Gasteiger partial charge in [0.1, 0.15) is 0 Å². The van der Waals surface area contributed by atoms with Crippen LogP contribution in [0.1, 0.15) is 12.0 Å². The molecule has 16 heavy (non-hydrogen) atoms. The first-order chi connectivity index (χ1) is 7.63. The molecule has 0 bridgehead atoms. The molecule has 0 spiro atoms. The van der Waals surface area contributed by atoms with Gasteiger partial charge in [-0.25, -0.2) is 4.90 Å². The Morgan fingerprint density at radius 2 is 2.19 bits per heavy atom. The minimum atomic E-state index is -0.293. The quantitative estimate of drug-likeness (QED) is 0.565. The monoisotopic (exact) mass is 236 g/mol. The molecule has 1 aromatic rings. The Morgan fingerprint density at radius 3 is 2.88 bits per heavy atom. The van der Waals surface area contributed by atoms with Crippen LogP contribution in [0.5, 0.6) is 0 Å². The van der Waals surface area contributed by atoms with Crippen molar-refractivity contribution in [3.8, 4) is 0 Å². The maximum absolute atomic E-state index is 11.7. The molecule has 5 heteroatoms. The summed E-state index contributed by atoms with van der Waals surface area (Å²) in [5.41, 5.74) is 7.89. The molecule has 0 aromatic heterocycles. The fourth-order valence-electron chi connectivity index (χ4n) is 1.86. The zero-order chi connectivity index (χ0) is 11.7. The summed E-state index contributed by atoms with van der Waals surface area (Å²) in [5.74, 6) is -0.439. The number of imide groups is 1. The largest absolute Gasteiger partial charge is 0.399 e. The number of amides is 2. The highest BCUT2D eigenvalue weighted by molar-refractivity contribution is 7.81. The summed E-state index contributed by atoms with van der Waals surface area (Å²) in [6.07, 6.45) is 0.978. The first-order valence-corrected chi connectivity index (χ1v) is 5.62. The Morgan fingerprint density at radius 1 is 1.44 bits per heavy atom. The Labute approximate surface area is 98.8 Å². The van der Waals surface area contributed by atoms with Gasteiger partial charge in [0, 0.05) is 12.1 Å². The van der Waals surface area contributed by atoms with E-state index in [0.29, 0.717) is 24.2 Å². The third kappa shape index (κ3) is 1.78. The van der Waals surface area contributed by atoms with Gasteiger partial charge in [-0.1, -0.05) is 0 Å². The zero-order valence-electron chi connectivity index (χ0n) is 8.64. The topological polar surface area (TPSA) is 63.4 Å². The number of thiol groups is 1. The van der Waals surface area contributed by atoms with Gasteiger partial charge in [-0.15, -0.1) is 0 Å². The van der Waals surface area contributed by atoms with Crippen molar-refractivity contribution in [1.29, 1.82) is 0 Å². The number of carbonyl (C=O) groups excluding carboxylic acids is 2. The van der Waals surface area contributed by atoms with Crippen LogP contribution in [0.15, 0.2) is 18.2 Å². The highest BCUT2D eigenvalue weighted by Gasteiger charge is 2.28. The fraction of sp³-hybridized carbons (Fsp3) is 0.273. The number of nitrogens with zero attached hydrogens (tertiary/aromatic N) is 1. The van der Waals surface area contributed by atoms with Crippen LogP contribution in [-0.2, 0) is 16.0 Å². The van der Waals surface area contributed by atoms with E-state index in [1.165, 1.54) is 4.90 Å². The van der Waals surface area contributed by atoms with Crippen LogP contribution in [0.4, 0.5) is 11.4 Å². The van der Waals surface area contributed by atoms with Crippen molar-refractivity contribution in [1.82, 2.24) is 0 Å². The third-order valence-electron chi connectivity index (χ3n) is 2.59. The molecular formula is C11H12N2O2S. The van der Waals surface area contributed by atoms with Crippen LogP contribution in [0.2, 0.25) is 0 Å². The number of fused-ring (bicyclic) bond motifs is 1. The van der Waals surface area contributed by atoms with Crippen molar-refractivity contribution >= 4 is 35.8 Å². The standard InChI is InChI=1S/C11H12N2O2S/c12-8-2-3-9-7(5-8)1-4-10(14)13(9)11(15)6-16/h2-3,5,16H,1,4,6,12H2. The smallest absolute Gasteiger partial charge is 0.243 e. The Kier molecular flexibility index (Phi) is 2.87. The second-order valence-corrected chi connectivity index (χ2v) is 3.99. The van der Waals surface area contributed by atoms with Crippen LogP contribution < -0.4 is 10.6 Å². The summed E-state index contributed by atoms with van der Waals surface area (Å²) in [6, 6.07) is 5.21. The predicted molar refractivity (Wildman–Crippen MR) is 65.5 cm³/mol. The molecule has 2 amide bonds. The normalized spacial score (nSPS) is 14.8. The molecule has 84 valence electrons. The van der Waals surface area contributed by atoms with Crippen LogP contribution in [0.3, 0.4) is 0 Å². The maximum atomic E-state index is 11.7. The lowest BCUT2D eigenvalue weighted by atomic mass is 10.0. The van der Waals surface area contributed by atoms with Gasteiger partial charge in [-0.3, -0.25) is 9.59 Å². The van der Waals surface area contributed by atoms with Gasteiger partial charge < -0.3 is 5.73 Å². The third-order valence-corrected chi connectivity index (χ3v) is 2.86. The van der Waals surface area contributed by atoms with Gasteiger partial charge in [-0.05, 0) is 30.2 Å². The molecule has 2 N–H and O–H groups in total. The van der Waals surface area contributed by atoms with Gasteiger partial charge in [0.25, 0.3) is 0 Å². The van der Waals surface area contributed by atoms with Crippen molar-refractivity contribution < 1.29 is 9.59 Å². The number of aryl methyl sites for hydroxylation is 1. The highest BCUT2D eigenvalue weighted by atomic mass is 32.1. The molecule has 0 aliphatic carbocycles. The minimum Gasteiger partial charge on any atom is -0.399 e. The molecule has 0 radical (unpaired) electrons. The molecule has 1 aromatic carbocycles. The molecule has 2 rings (SSSR count). The molecule has 4 nitrogen and oxygen atoms in total. The molecule has 0 saturated heterocycles. The van der Waals surface area contributed by atoms with Gasteiger partial charge in [0.05, 0.1) is 11.4 Å². The summed E-state index contributed by atoms with van der Waals surface area (Å²) < 4.78 is 0. The number of carbonyl (C=O) groups is 2. The molecular weight excluding hydrogens is 224 g/mol. The van der Waals surface area contributed by atoms with Gasteiger partial charge >= 0.3 is 0 Å². The van der Waals surface area contributed by atoms with Crippen LogP contribution in [0, 0.1) is 0 Å². The van der Waals surface area contributed by atoms with E-state index in [1.807, 2.05) is 0 Å². The average Bonchev–Trinajstić information content (AvgIpc) is 2.28. The second-order valence-electron chi connectivity index (χ2n) is 3.67. The molecule has 1 heterocycles. The highest BCUT2D eigenvalue weighted by Crippen LogP contribution is 2.29. The van der Waals surface area contributed by atoms with E-state index in [0.717, 1.165) is 5.56 Å². The van der Waals surface area contributed by atoms with Crippen molar-refractivity contribution in [3.63, 3.8) is 0 Å². The number of hydrogen-bond acceptors (Lipinski definition) is 4. The van der Waals surface area contributed by atoms with E-state index in [4.69, 9.17) is 5.73 Å². The Hall–Kier alpha value is -1.49. The molecule has 1 aliphatic rings. The summed E-state index contributed by atoms with van der Waals surface area (Å²) in [4.78, 5) is 24.5. The molecule has 0 unspecified atom stereocenters. The molecule has 0 saturated carbocycles. The van der Waals surface area contributed by atoms with E-state index in [-0.39, 0.29) is 17.6 Å². The number of nitrogen functional groups attached to an aromatic ring is 1. The minimum absolute atomic E-state index is 0.0234. The first kappa shape index (κ1) is 11.0. The van der Waals surface area contributed by atoms with Gasteiger partial charge in [0.15, 0.2) is 0 Å². The average molecular weight is 236 g/mol. The molecule has 1 aliphatic heterocycles. The summed E-state index contributed by atoms with van der Waals surface area (Å²) in [7, 11) is 0.